The van der Waals surface area contributed by atoms with Crippen LogP contribution in [-0.4, -0.2) is 17.9 Å². The van der Waals surface area contributed by atoms with E-state index in [1.165, 1.54) is 0 Å². The predicted octanol–water partition coefficient (Wildman–Crippen LogP) is 3.45. The normalized spacial score (nSPS) is 10.1. The summed E-state index contributed by atoms with van der Waals surface area (Å²) < 4.78 is 0.853. The number of nitrogens with zero attached hydrogens (tertiary/aromatic N) is 1. The monoisotopic (exact) mass is 319 g/mol. The molecular weight excluding hydrogens is 306 g/mol. The maximum absolute atomic E-state index is 12.3. The van der Waals surface area contributed by atoms with Gasteiger partial charge in [-0.15, -0.1) is 0 Å². The summed E-state index contributed by atoms with van der Waals surface area (Å²) >= 11 is 3.42. The Morgan fingerprint density at radius 2 is 2.05 bits per heavy atom. The molecule has 0 radical (unpaired) electrons. The van der Waals surface area contributed by atoms with E-state index in [4.69, 9.17) is 0 Å². The Morgan fingerprint density at radius 3 is 2.79 bits per heavy atom. The molecule has 1 aromatic heterocycles. The van der Waals surface area contributed by atoms with Crippen LogP contribution in [0.4, 0.5) is 11.4 Å². The zero-order chi connectivity index (χ0) is 13.8. The van der Waals surface area contributed by atoms with Gasteiger partial charge in [0.05, 0.1) is 23.1 Å². The topological polar surface area (TPSA) is 54.0 Å². The minimum absolute atomic E-state index is 0.168. The Balaban J connectivity index is 2.28. The summed E-state index contributed by atoms with van der Waals surface area (Å²) in [5.74, 6) is -0.168. The second kappa shape index (κ2) is 5.84. The fourth-order valence-corrected chi connectivity index (χ4v) is 2.06. The standard InChI is InChI=1S/C14H14BrN3O/c1-9-3-4-11(15)12(7-9)18-14(19)10-5-6-17-8-13(10)16-2/h3-8,16H,1-2H3,(H,18,19). The van der Waals surface area contributed by atoms with E-state index >= 15 is 0 Å². The molecule has 0 spiro atoms. The van der Waals surface area contributed by atoms with Crippen LogP contribution in [0.2, 0.25) is 0 Å². The summed E-state index contributed by atoms with van der Waals surface area (Å²) in [7, 11) is 1.76. The van der Waals surface area contributed by atoms with Crippen LogP contribution < -0.4 is 10.6 Å². The molecule has 0 fully saturated rings. The zero-order valence-electron chi connectivity index (χ0n) is 10.7. The molecule has 5 heteroatoms. The Morgan fingerprint density at radius 1 is 1.26 bits per heavy atom. The Labute approximate surface area is 120 Å². The third kappa shape index (κ3) is 3.12. The first-order valence-corrected chi connectivity index (χ1v) is 6.60. The second-order valence-corrected chi connectivity index (χ2v) is 4.96. The van der Waals surface area contributed by atoms with Crippen molar-refractivity contribution in [3.8, 4) is 0 Å². The van der Waals surface area contributed by atoms with Crippen molar-refractivity contribution in [2.75, 3.05) is 17.7 Å². The van der Waals surface area contributed by atoms with Gasteiger partial charge in [-0.1, -0.05) is 6.07 Å². The number of aromatic nitrogens is 1. The van der Waals surface area contributed by atoms with Gasteiger partial charge >= 0.3 is 0 Å². The van der Waals surface area contributed by atoms with Crippen molar-refractivity contribution in [1.82, 2.24) is 4.98 Å². The highest BCUT2D eigenvalue weighted by Crippen LogP contribution is 2.24. The number of amides is 1. The van der Waals surface area contributed by atoms with Gasteiger partial charge in [-0.3, -0.25) is 9.78 Å². The molecule has 0 saturated carbocycles. The number of nitrogens with one attached hydrogen (secondary N) is 2. The summed E-state index contributed by atoms with van der Waals surface area (Å²) in [4.78, 5) is 16.2. The molecule has 1 aromatic carbocycles. The highest BCUT2D eigenvalue weighted by Gasteiger charge is 2.12. The smallest absolute Gasteiger partial charge is 0.257 e. The van der Waals surface area contributed by atoms with Crippen molar-refractivity contribution >= 4 is 33.2 Å². The molecule has 0 aliphatic heterocycles. The van der Waals surface area contributed by atoms with Crippen LogP contribution in [0.15, 0.2) is 41.1 Å². The molecule has 1 heterocycles. The molecular formula is C14H14BrN3O. The Hall–Kier alpha value is -1.88. The van der Waals surface area contributed by atoms with Gasteiger partial charge in [0.25, 0.3) is 5.91 Å². The molecule has 1 amide bonds. The van der Waals surface area contributed by atoms with E-state index in [1.807, 2.05) is 25.1 Å². The SMILES string of the molecule is CNc1cnccc1C(=O)Nc1cc(C)ccc1Br. The number of aryl methyl sites for hydroxylation is 1. The van der Waals surface area contributed by atoms with Gasteiger partial charge in [0.1, 0.15) is 0 Å². The molecule has 0 bridgehead atoms. The van der Waals surface area contributed by atoms with Crippen LogP contribution in [0.1, 0.15) is 15.9 Å². The molecule has 4 nitrogen and oxygen atoms in total. The first-order valence-electron chi connectivity index (χ1n) is 5.81. The molecule has 0 aliphatic rings. The van der Waals surface area contributed by atoms with Crippen LogP contribution in [0.25, 0.3) is 0 Å². The number of pyridine rings is 1. The minimum Gasteiger partial charge on any atom is -0.386 e. The third-order valence-electron chi connectivity index (χ3n) is 2.71. The second-order valence-electron chi connectivity index (χ2n) is 4.11. The lowest BCUT2D eigenvalue weighted by atomic mass is 10.2. The van der Waals surface area contributed by atoms with Crippen LogP contribution in [-0.2, 0) is 0 Å². The molecule has 19 heavy (non-hydrogen) atoms. The van der Waals surface area contributed by atoms with Crippen LogP contribution >= 0.6 is 15.9 Å². The fourth-order valence-electron chi connectivity index (χ4n) is 1.72. The van der Waals surface area contributed by atoms with E-state index in [0.29, 0.717) is 11.3 Å². The van der Waals surface area contributed by atoms with Crippen molar-refractivity contribution < 1.29 is 4.79 Å². The lowest BCUT2D eigenvalue weighted by molar-refractivity contribution is 0.102. The average Bonchev–Trinajstić information content (AvgIpc) is 2.42. The van der Waals surface area contributed by atoms with Crippen LogP contribution in [0.5, 0.6) is 0 Å². The minimum atomic E-state index is -0.168. The summed E-state index contributed by atoms with van der Waals surface area (Å²) in [5.41, 5.74) is 3.10. The van der Waals surface area contributed by atoms with E-state index in [1.54, 1.807) is 25.5 Å². The summed E-state index contributed by atoms with van der Waals surface area (Å²) in [6.45, 7) is 1.98. The first-order chi connectivity index (χ1) is 9.11. The molecule has 0 atom stereocenters. The molecule has 98 valence electrons. The van der Waals surface area contributed by atoms with Gasteiger partial charge in [0.15, 0.2) is 0 Å². The number of anilines is 2. The van der Waals surface area contributed by atoms with Crippen molar-refractivity contribution in [1.29, 1.82) is 0 Å². The summed E-state index contributed by atoms with van der Waals surface area (Å²) in [6, 6.07) is 7.49. The number of halogens is 1. The van der Waals surface area contributed by atoms with Gasteiger partial charge in [0.2, 0.25) is 0 Å². The van der Waals surface area contributed by atoms with E-state index < -0.39 is 0 Å². The number of carbonyl (C=O) groups excluding carboxylic acids is 1. The zero-order valence-corrected chi connectivity index (χ0v) is 12.3. The fraction of sp³-hybridized carbons (Fsp3) is 0.143. The van der Waals surface area contributed by atoms with Gasteiger partial charge in [-0.25, -0.2) is 0 Å². The largest absolute Gasteiger partial charge is 0.386 e. The van der Waals surface area contributed by atoms with Gasteiger partial charge in [-0.2, -0.15) is 0 Å². The molecule has 2 aromatic rings. The van der Waals surface area contributed by atoms with Gasteiger partial charge < -0.3 is 10.6 Å². The Kier molecular flexibility index (Phi) is 4.16. The van der Waals surface area contributed by atoms with E-state index in [-0.39, 0.29) is 5.91 Å². The van der Waals surface area contributed by atoms with E-state index in [2.05, 4.69) is 31.5 Å². The summed E-state index contributed by atoms with van der Waals surface area (Å²) in [6.07, 6.45) is 3.22. The lowest BCUT2D eigenvalue weighted by Gasteiger charge is -2.11. The quantitative estimate of drug-likeness (QED) is 0.911. The van der Waals surface area contributed by atoms with Crippen molar-refractivity contribution in [2.24, 2.45) is 0 Å². The predicted molar refractivity (Wildman–Crippen MR) is 80.6 cm³/mol. The molecule has 0 aliphatic carbocycles. The highest BCUT2D eigenvalue weighted by atomic mass is 79.9. The van der Waals surface area contributed by atoms with Crippen LogP contribution in [0.3, 0.4) is 0 Å². The number of rotatable bonds is 3. The van der Waals surface area contributed by atoms with Crippen molar-refractivity contribution in [3.63, 3.8) is 0 Å². The van der Waals surface area contributed by atoms with Crippen molar-refractivity contribution in [2.45, 2.75) is 6.92 Å². The van der Waals surface area contributed by atoms with Crippen molar-refractivity contribution in [3.05, 3.63) is 52.3 Å². The number of hydrogen-bond donors (Lipinski definition) is 2. The summed E-state index contributed by atoms with van der Waals surface area (Å²) in [5, 5.41) is 5.84. The number of benzene rings is 1. The number of hydrogen-bond acceptors (Lipinski definition) is 3. The van der Waals surface area contributed by atoms with E-state index in [9.17, 15) is 4.79 Å². The molecule has 2 rings (SSSR count). The number of carbonyl (C=O) groups is 1. The average molecular weight is 320 g/mol. The molecule has 2 N–H and O–H groups in total. The Bertz CT molecular complexity index is 613. The maximum atomic E-state index is 12.3. The van der Waals surface area contributed by atoms with Gasteiger partial charge in [-0.05, 0) is 46.6 Å². The molecule has 0 saturated heterocycles. The maximum Gasteiger partial charge on any atom is 0.257 e. The van der Waals surface area contributed by atoms with E-state index in [0.717, 1.165) is 15.7 Å². The van der Waals surface area contributed by atoms with Crippen LogP contribution in [0, 0.1) is 6.92 Å². The highest BCUT2D eigenvalue weighted by molar-refractivity contribution is 9.10. The first kappa shape index (κ1) is 13.5. The third-order valence-corrected chi connectivity index (χ3v) is 3.40. The van der Waals surface area contributed by atoms with Gasteiger partial charge in [0, 0.05) is 17.7 Å². The molecule has 0 unspecified atom stereocenters. The lowest BCUT2D eigenvalue weighted by Crippen LogP contribution is -2.14.